The average Bonchev–Trinajstić information content (AvgIpc) is 2.67. The molecule has 0 aliphatic carbocycles. The van der Waals surface area contributed by atoms with E-state index in [1.807, 2.05) is 13.0 Å². The molecule has 0 spiro atoms. The van der Waals surface area contributed by atoms with Gasteiger partial charge in [-0.15, -0.1) is 6.42 Å². The van der Waals surface area contributed by atoms with Crippen molar-refractivity contribution in [3.63, 3.8) is 0 Å². The van der Waals surface area contributed by atoms with Gasteiger partial charge in [0.05, 0.1) is 24.4 Å². The van der Waals surface area contributed by atoms with Gasteiger partial charge in [-0.3, -0.25) is 4.79 Å². The summed E-state index contributed by atoms with van der Waals surface area (Å²) in [7, 11) is 1.54. The number of terminal acetylenes is 1. The second-order valence-electron chi connectivity index (χ2n) is 5.18. The molecule has 0 heterocycles. The zero-order valence-electron chi connectivity index (χ0n) is 15.0. The van der Waals surface area contributed by atoms with Gasteiger partial charge in [0.1, 0.15) is 12.4 Å². The second kappa shape index (κ2) is 10.2. The maximum atomic E-state index is 12.3. The molecule has 0 fully saturated rings. The first-order chi connectivity index (χ1) is 13.1. The minimum atomic E-state index is -0.358. The van der Waals surface area contributed by atoms with Gasteiger partial charge in [-0.2, -0.15) is 5.10 Å². The van der Waals surface area contributed by atoms with Crippen molar-refractivity contribution in [3.8, 4) is 29.6 Å². The average molecular weight is 431 g/mol. The van der Waals surface area contributed by atoms with Crippen LogP contribution < -0.4 is 19.6 Å². The molecule has 0 aromatic heterocycles. The summed E-state index contributed by atoms with van der Waals surface area (Å²) in [6.45, 7) is 2.51. The summed E-state index contributed by atoms with van der Waals surface area (Å²) >= 11 is 3.40. The minimum Gasteiger partial charge on any atom is -0.493 e. The van der Waals surface area contributed by atoms with E-state index in [2.05, 4.69) is 32.4 Å². The van der Waals surface area contributed by atoms with E-state index in [4.69, 9.17) is 20.6 Å². The maximum Gasteiger partial charge on any atom is 0.271 e. The first kappa shape index (κ1) is 20.3. The number of hydrazone groups is 1. The van der Waals surface area contributed by atoms with Crippen molar-refractivity contribution in [3.05, 3.63) is 52.0 Å². The highest BCUT2D eigenvalue weighted by atomic mass is 79.9. The Hall–Kier alpha value is -2.98. The van der Waals surface area contributed by atoms with Crippen LogP contribution in [0.2, 0.25) is 0 Å². The van der Waals surface area contributed by atoms with E-state index in [0.29, 0.717) is 29.4 Å². The number of hydrogen-bond donors (Lipinski definition) is 1. The Labute approximate surface area is 166 Å². The summed E-state index contributed by atoms with van der Waals surface area (Å²) in [5.74, 6) is 3.75. The van der Waals surface area contributed by atoms with Gasteiger partial charge < -0.3 is 14.2 Å². The van der Waals surface area contributed by atoms with Crippen LogP contribution in [0.25, 0.3) is 0 Å². The molecule has 0 radical (unpaired) electrons. The number of carbonyl (C=O) groups excluding carboxylic acids is 1. The predicted molar refractivity (Wildman–Crippen MR) is 108 cm³/mol. The number of rotatable bonds is 8. The highest BCUT2D eigenvalue weighted by molar-refractivity contribution is 9.10. The lowest BCUT2D eigenvalue weighted by atomic mass is 10.2. The molecule has 1 N–H and O–H groups in total. The largest absolute Gasteiger partial charge is 0.493 e. The number of halogens is 1. The molecule has 0 aliphatic heterocycles. The third kappa shape index (κ3) is 5.76. The van der Waals surface area contributed by atoms with E-state index in [0.717, 1.165) is 10.0 Å². The summed E-state index contributed by atoms with van der Waals surface area (Å²) in [5, 5.41) is 3.98. The molecule has 0 unspecified atom stereocenters. The van der Waals surface area contributed by atoms with Crippen molar-refractivity contribution < 1.29 is 19.0 Å². The lowest BCUT2D eigenvalue weighted by molar-refractivity contribution is 0.0954. The van der Waals surface area contributed by atoms with E-state index in [1.54, 1.807) is 37.4 Å². The first-order valence-electron chi connectivity index (χ1n) is 8.09. The van der Waals surface area contributed by atoms with Crippen LogP contribution in [-0.2, 0) is 0 Å². The second-order valence-corrected chi connectivity index (χ2v) is 6.03. The number of ether oxygens (including phenoxy) is 3. The van der Waals surface area contributed by atoms with Crippen molar-refractivity contribution in [1.82, 2.24) is 5.43 Å². The van der Waals surface area contributed by atoms with Crippen molar-refractivity contribution >= 4 is 28.1 Å². The lowest BCUT2D eigenvalue weighted by Crippen LogP contribution is -2.17. The van der Waals surface area contributed by atoms with Gasteiger partial charge in [0, 0.05) is 5.56 Å². The standard InChI is InChI=1S/C20H19BrN2O4/c1-4-10-27-17-8-6-14(11-16(17)21)13-22-23-20(24)15-7-9-18(25-3)19(12-15)26-5-2/h1,6-9,11-13H,5,10H2,2-3H3,(H,23,24)/b22-13+. The number of amides is 1. The van der Waals surface area contributed by atoms with Crippen LogP contribution >= 0.6 is 15.9 Å². The number of methoxy groups -OCH3 is 1. The van der Waals surface area contributed by atoms with E-state index in [-0.39, 0.29) is 12.5 Å². The molecule has 0 atom stereocenters. The molecule has 27 heavy (non-hydrogen) atoms. The molecule has 2 rings (SSSR count). The Morgan fingerprint density at radius 1 is 1.22 bits per heavy atom. The van der Waals surface area contributed by atoms with Crippen molar-refractivity contribution in [1.29, 1.82) is 0 Å². The van der Waals surface area contributed by atoms with Gasteiger partial charge in [0.15, 0.2) is 11.5 Å². The van der Waals surface area contributed by atoms with E-state index < -0.39 is 0 Å². The Balaban J connectivity index is 2.03. The number of nitrogens with zero attached hydrogens (tertiary/aromatic N) is 1. The van der Waals surface area contributed by atoms with E-state index in [1.165, 1.54) is 6.21 Å². The molecule has 6 nitrogen and oxygen atoms in total. The summed E-state index contributed by atoms with van der Waals surface area (Å²) in [6.07, 6.45) is 6.70. The molecule has 0 aliphatic rings. The van der Waals surface area contributed by atoms with Crippen molar-refractivity contribution in [2.75, 3.05) is 20.3 Å². The molecule has 0 bridgehead atoms. The Morgan fingerprint density at radius 2 is 2.00 bits per heavy atom. The monoisotopic (exact) mass is 430 g/mol. The van der Waals surface area contributed by atoms with Crippen LogP contribution in [0.3, 0.4) is 0 Å². The number of hydrogen-bond acceptors (Lipinski definition) is 5. The van der Waals surface area contributed by atoms with Gasteiger partial charge in [-0.25, -0.2) is 5.43 Å². The van der Waals surface area contributed by atoms with Crippen LogP contribution in [0, 0.1) is 12.3 Å². The number of carbonyl (C=O) groups is 1. The number of benzene rings is 2. The predicted octanol–water partition coefficient (Wildman–Crippen LogP) is 3.63. The van der Waals surface area contributed by atoms with Crippen LogP contribution in [0.4, 0.5) is 0 Å². The van der Waals surface area contributed by atoms with Crippen LogP contribution in [-0.4, -0.2) is 32.4 Å². The molecule has 2 aromatic rings. The SMILES string of the molecule is C#CCOc1ccc(/C=N/NC(=O)c2ccc(OC)c(OCC)c2)cc1Br. The minimum absolute atomic E-state index is 0.188. The summed E-state index contributed by atoms with van der Waals surface area (Å²) in [5.41, 5.74) is 3.67. The molecule has 1 amide bonds. The molecular formula is C20H19BrN2O4. The Kier molecular flexibility index (Phi) is 7.71. The fourth-order valence-corrected chi connectivity index (χ4v) is 2.66. The molecule has 2 aromatic carbocycles. The zero-order chi connectivity index (χ0) is 19.6. The fraction of sp³-hybridized carbons (Fsp3) is 0.200. The lowest BCUT2D eigenvalue weighted by Gasteiger charge is -2.10. The summed E-state index contributed by atoms with van der Waals surface area (Å²) in [4.78, 5) is 12.3. The van der Waals surface area contributed by atoms with E-state index >= 15 is 0 Å². The maximum absolute atomic E-state index is 12.3. The zero-order valence-corrected chi connectivity index (χ0v) is 16.6. The van der Waals surface area contributed by atoms with Gasteiger partial charge in [0.25, 0.3) is 5.91 Å². The Morgan fingerprint density at radius 3 is 2.67 bits per heavy atom. The summed E-state index contributed by atoms with van der Waals surface area (Å²) in [6, 6.07) is 10.3. The third-order valence-corrected chi connectivity index (χ3v) is 3.99. The Bertz CT molecular complexity index is 875. The van der Waals surface area contributed by atoms with E-state index in [9.17, 15) is 4.79 Å². The molecule has 0 saturated heterocycles. The van der Waals surface area contributed by atoms with Gasteiger partial charge in [0.2, 0.25) is 0 Å². The molecule has 7 heteroatoms. The molecule has 0 saturated carbocycles. The molecule has 140 valence electrons. The smallest absolute Gasteiger partial charge is 0.271 e. The van der Waals surface area contributed by atoms with Crippen LogP contribution in [0.5, 0.6) is 17.2 Å². The van der Waals surface area contributed by atoms with Gasteiger partial charge in [-0.05, 0) is 64.8 Å². The van der Waals surface area contributed by atoms with Crippen LogP contribution in [0.1, 0.15) is 22.8 Å². The van der Waals surface area contributed by atoms with Crippen LogP contribution in [0.15, 0.2) is 46.0 Å². The first-order valence-corrected chi connectivity index (χ1v) is 8.88. The highest BCUT2D eigenvalue weighted by Gasteiger charge is 2.10. The highest BCUT2D eigenvalue weighted by Crippen LogP contribution is 2.28. The van der Waals surface area contributed by atoms with Gasteiger partial charge in [-0.1, -0.05) is 5.92 Å². The topological polar surface area (TPSA) is 69.2 Å². The third-order valence-electron chi connectivity index (χ3n) is 3.37. The quantitative estimate of drug-likeness (QED) is 0.394. The van der Waals surface area contributed by atoms with Crippen molar-refractivity contribution in [2.24, 2.45) is 5.10 Å². The van der Waals surface area contributed by atoms with Crippen molar-refractivity contribution in [2.45, 2.75) is 6.92 Å². The molecular weight excluding hydrogens is 412 g/mol. The number of nitrogens with one attached hydrogen (secondary N) is 1. The normalized spacial score (nSPS) is 10.3. The van der Waals surface area contributed by atoms with Gasteiger partial charge >= 0.3 is 0 Å². The fourth-order valence-electron chi connectivity index (χ4n) is 2.15. The summed E-state index contributed by atoms with van der Waals surface area (Å²) < 4.78 is 16.8.